The largest absolute Gasteiger partial charge is 0.492 e. The number of hydrogen-bond donors (Lipinski definition) is 1. The normalized spacial score (nSPS) is 16.1. The first-order valence-corrected chi connectivity index (χ1v) is 6.65. The molecule has 0 aliphatic heterocycles. The van der Waals surface area contributed by atoms with Crippen LogP contribution in [-0.4, -0.2) is 11.6 Å². The zero-order chi connectivity index (χ0) is 13.3. The monoisotopic (exact) mass is 254 g/mol. The summed E-state index contributed by atoms with van der Waals surface area (Å²) in [6, 6.07) is 10.5. The van der Waals surface area contributed by atoms with Crippen molar-refractivity contribution in [3.8, 4) is 5.75 Å². The molecule has 1 aliphatic rings. The van der Waals surface area contributed by atoms with E-state index in [1.807, 2.05) is 19.2 Å². The van der Waals surface area contributed by atoms with Crippen LogP contribution in [0, 0.1) is 0 Å². The highest BCUT2D eigenvalue weighted by molar-refractivity contribution is 5.41. The second-order valence-electron chi connectivity index (χ2n) is 5.12. The Morgan fingerprint density at radius 3 is 2.53 bits per heavy atom. The van der Waals surface area contributed by atoms with Gasteiger partial charge in [-0.1, -0.05) is 24.3 Å². The number of pyridine rings is 1. The molecule has 0 spiro atoms. The average Bonchev–Trinajstić information content (AvgIpc) is 2.77. The third-order valence-corrected chi connectivity index (χ3v) is 3.73. The minimum Gasteiger partial charge on any atom is -0.492 e. The molecule has 0 amide bonds. The molecule has 98 valence electrons. The van der Waals surface area contributed by atoms with Gasteiger partial charge in [0.2, 0.25) is 0 Å². The quantitative estimate of drug-likeness (QED) is 0.915. The van der Waals surface area contributed by atoms with Crippen LogP contribution in [0.4, 0.5) is 0 Å². The van der Waals surface area contributed by atoms with E-state index in [1.54, 1.807) is 6.20 Å². The zero-order valence-corrected chi connectivity index (χ0v) is 11.1. The van der Waals surface area contributed by atoms with E-state index >= 15 is 0 Å². The molecule has 0 saturated carbocycles. The highest BCUT2D eigenvalue weighted by Gasteiger charge is 2.35. The van der Waals surface area contributed by atoms with Crippen molar-refractivity contribution >= 4 is 0 Å². The van der Waals surface area contributed by atoms with E-state index < -0.39 is 0 Å². The maximum Gasteiger partial charge on any atom is 0.137 e. The lowest BCUT2D eigenvalue weighted by molar-refractivity contribution is 0.336. The lowest BCUT2D eigenvalue weighted by atomic mass is 9.89. The van der Waals surface area contributed by atoms with E-state index in [0.717, 1.165) is 24.2 Å². The number of nitrogens with zero attached hydrogens (tertiary/aromatic N) is 1. The van der Waals surface area contributed by atoms with Crippen molar-refractivity contribution in [3.63, 3.8) is 0 Å². The lowest BCUT2D eigenvalue weighted by Gasteiger charge is -2.24. The third-order valence-electron chi connectivity index (χ3n) is 3.73. The summed E-state index contributed by atoms with van der Waals surface area (Å²) in [5.41, 5.74) is 9.97. The predicted octanol–water partition coefficient (Wildman–Crippen LogP) is 2.43. The molecule has 0 atom stereocenters. The van der Waals surface area contributed by atoms with Crippen LogP contribution in [0.2, 0.25) is 0 Å². The van der Waals surface area contributed by atoms with Crippen molar-refractivity contribution in [1.29, 1.82) is 0 Å². The molecule has 0 unspecified atom stereocenters. The molecule has 2 N–H and O–H groups in total. The minimum absolute atomic E-state index is 0.357. The summed E-state index contributed by atoms with van der Waals surface area (Å²) in [4.78, 5) is 4.25. The van der Waals surface area contributed by atoms with Gasteiger partial charge in [0.25, 0.3) is 0 Å². The topological polar surface area (TPSA) is 48.1 Å². The molecule has 3 nitrogen and oxygen atoms in total. The first kappa shape index (κ1) is 12.2. The van der Waals surface area contributed by atoms with Gasteiger partial charge in [-0.05, 0) is 42.5 Å². The Bertz CT molecular complexity index is 570. The molecule has 0 fully saturated rings. The van der Waals surface area contributed by atoms with Crippen LogP contribution in [0.25, 0.3) is 0 Å². The van der Waals surface area contributed by atoms with Gasteiger partial charge in [0.15, 0.2) is 0 Å². The van der Waals surface area contributed by atoms with Gasteiger partial charge in [0.05, 0.1) is 18.3 Å². The van der Waals surface area contributed by atoms with Crippen molar-refractivity contribution in [2.24, 2.45) is 5.73 Å². The van der Waals surface area contributed by atoms with Crippen molar-refractivity contribution in [3.05, 3.63) is 59.4 Å². The maximum absolute atomic E-state index is 6.60. The van der Waals surface area contributed by atoms with E-state index in [0.29, 0.717) is 6.61 Å². The average molecular weight is 254 g/mol. The Labute approximate surface area is 113 Å². The van der Waals surface area contributed by atoms with Gasteiger partial charge < -0.3 is 10.5 Å². The van der Waals surface area contributed by atoms with Crippen LogP contribution in [0.5, 0.6) is 5.75 Å². The number of fused-ring (bicyclic) bond motifs is 1. The van der Waals surface area contributed by atoms with E-state index in [4.69, 9.17) is 10.5 Å². The molecule has 19 heavy (non-hydrogen) atoms. The van der Waals surface area contributed by atoms with Gasteiger partial charge in [-0.3, -0.25) is 4.98 Å². The minimum atomic E-state index is -0.357. The summed E-state index contributed by atoms with van der Waals surface area (Å²) in [5, 5.41) is 0. The molecule has 0 saturated heterocycles. The van der Waals surface area contributed by atoms with Gasteiger partial charge in [-0.2, -0.15) is 0 Å². The zero-order valence-electron chi connectivity index (χ0n) is 11.1. The SMILES string of the molecule is CCOc1cncc(C2(N)Cc3ccccc3C2)c1. The van der Waals surface area contributed by atoms with Crippen LogP contribution in [0.15, 0.2) is 42.7 Å². The fourth-order valence-corrected chi connectivity index (χ4v) is 2.79. The summed E-state index contributed by atoms with van der Waals surface area (Å²) >= 11 is 0. The van der Waals surface area contributed by atoms with E-state index in [1.165, 1.54) is 11.1 Å². The maximum atomic E-state index is 6.60. The molecule has 3 rings (SSSR count). The van der Waals surface area contributed by atoms with Crippen LogP contribution in [-0.2, 0) is 18.4 Å². The Hall–Kier alpha value is -1.87. The summed E-state index contributed by atoms with van der Waals surface area (Å²) in [6.45, 7) is 2.61. The molecule has 1 aromatic heterocycles. The molecular weight excluding hydrogens is 236 g/mol. The number of hydrogen-bond acceptors (Lipinski definition) is 3. The summed E-state index contributed by atoms with van der Waals surface area (Å²) in [6.07, 6.45) is 5.31. The van der Waals surface area contributed by atoms with Crippen LogP contribution < -0.4 is 10.5 Å². The van der Waals surface area contributed by atoms with Crippen molar-refractivity contribution in [2.75, 3.05) is 6.61 Å². The second kappa shape index (κ2) is 4.67. The fraction of sp³-hybridized carbons (Fsp3) is 0.312. The third kappa shape index (κ3) is 2.22. The Morgan fingerprint density at radius 2 is 1.89 bits per heavy atom. The second-order valence-corrected chi connectivity index (χ2v) is 5.12. The van der Waals surface area contributed by atoms with Gasteiger partial charge in [-0.15, -0.1) is 0 Å². The standard InChI is InChI=1S/C16H18N2O/c1-2-19-15-7-14(10-18-11-15)16(17)8-12-5-3-4-6-13(12)9-16/h3-7,10-11H,2,8-9,17H2,1H3. The van der Waals surface area contributed by atoms with Gasteiger partial charge in [-0.25, -0.2) is 0 Å². The number of aromatic nitrogens is 1. The molecule has 1 aromatic carbocycles. The molecule has 0 radical (unpaired) electrons. The summed E-state index contributed by atoms with van der Waals surface area (Å²) in [5.74, 6) is 0.792. The number of nitrogens with two attached hydrogens (primary N) is 1. The molecule has 1 aliphatic carbocycles. The molecule has 2 aromatic rings. The fourth-order valence-electron chi connectivity index (χ4n) is 2.79. The van der Waals surface area contributed by atoms with Crippen LogP contribution >= 0.6 is 0 Å². The Balaban J connectivity index is 1.93. The molecule has 0 bridgehead atoms. The van der Waals surface area contributed by atoms with Crippen molar-refractivity contribution in [1.82, 2.24) is 4.98 Å². The van der Waals surface area contributed by atoms with Gasteiger partial charge >= 0.3 is 0 Å². The Kier molecular flexibility index (Phi) is 2.99. The van der Waals surface area contributed by atoms with E-state index in [2.05, 4.69) is 29.2 Å². The molecule has 3 heteroatoms. The van der Waals surface area contributed by atoms with Crippen LogP contribution in [0.1, 0.15) is 23.6 Å². The predicted molar refractivity (Wildman–Crippen MR) is 75.1 cm³/mol. The van der Waals surface area contributed by atoms with Gasteiger partial charge in [0, 0.05) is 6.20 Å². The Morgan fingerprint density at radius 1 is 1.21 bits per heavy atom. The van der Waals surface area contributed by atoms with Crippen molar-refractivity contribution in [2.45, 2.75) is 25.3 Å². The summed E-state index contributed by atoms with van der Waals surface area (Å²) in [7, 11) is 0. The van der Waals surface area contributed by atoms with Gasteiger partial charge in [0.1, 0.15) is 5.75 Å². The number of ether oxygens (including phenoxy) is 1. The summed E-state index contributed by atoms with van der Waals surface area (Å²) < 4.78 is 5.51. The number of rotatable bonds is 3. The van der Waals surface area contributed by atoms with E-state index in [9.17, 15) is 0 Å². The molecular formula is C16H18N2O. The molecule has 1 heterocycles. The highest BCUT2D eigenvalue weighted by atomic mass is 16.5. The van der Waals surface area contributed by atoms with Crippen molar-refractivity contribution < 1.29 is 4.74 Å². The van der Waals surface area contributed by atoms with E-state index in [-0.39, 0.29) is 5.54 Å². The first-order valence-electron chi connectivity index (χ1n) is 6.65. The number of benzene rings is 1. The smallest absolute Gasteiger partial charge is 0.137 e. The first-order chi connectivity index (χ1) is 9.21. The lowest BCUT2D eigenvalue weighted by Crippen LogP contribution is -2.37. The highest BCUT2D eigenvalue weighted by Crippen LogP contribution is 2.36. The van der Waals surface area contributed by atoms with Crippen LogP contribution in [0.3, 0.4) is 0 Å².